The summed E-state index contributed by atoms with van der Waals surface area (Å²) in [5.41, 5.74) is 4.24. The highest BCUT2D eigenvalue weighted by atomic mass is 16.5. The van der Waals surface area contributed by atoms with Crippen LogP contribution < -0.4 is 5.32 Å². The third-order valence-electron chi connectivity index (χ3n) is 7.48. The molecule has 2 aromatic heterocycles. The number of carbonyl (C=O) groups is 3. The molecule has 3 heterocycles. The number of rotatable bonds is 5. The van der Waals surface area contributed by atoms with Gasteiger partial charge in [-0.2, -0.15) is 0 Å². The van der Waals surface area contributed by atoms with E-state index >= 15 is 0 Å². The van der Waals surface area contributed by atoms with Crippen molar-refractivity contribution in [3.63, 3.8) is 0 Å². The number of piperidine rings is 1. The first-order valence-corrected chi connectivity index (χ1v) is 13.1. The van der Waals surface area contributed by atoms with Crippen molar-refractivity contribution < 1.29 is 19.1 Å². The molecule has 200 valence electrons. The second-order valence-electron chi connectivity index (χ2n) is 9.93. The fourth-order valence-electron chi connectivity index (χ4n) is 5.23. The van der Waals surface area contributed by atoms with Crippen LogP contribution in [0.3, 0.4) is 0 Å². The van der Waals surface area contributed by atoms with Crippen molar-refractivity contribution in [3.8, 4) is 0 Å². The van der Waals surface area contributed by atoms with Crippen LogP contribution in [0.4, 0.5) is 5.69 Å². The standard InChI is InChI=1S/C31H27N5O4/c1-40-31(39)25-5-3-22-16-24(4-2-23(22)17-25)30(38)35-14-12-21(13-15-35)20-6-9-27(10-7-20)33-29(37)26-8-11-28-34-32-19-36(28)18-26/h2-11,16-19,21H,12-15H2,1H3,(H,33,37). The second kappa shape index (κ2) is 10.6. The topological polar surface area (TPSA) is 106 Å². The molecule has 9 nitrogen and oxygen atoms in total. The number of hydrogen-bond donors (Lipinski definition) is 1. The Morgan fingerprint density at radius 2 is 1.52 bits per heavy atom. The van der Waals surface area contributed by atoms with Crippen molar-refractivity contribution in [2.75, 3.05) is 25.5 Å². The van der Waals surface area contributed by atoms with Gasteiger partial charge in [0.15, 0.2) is 5.65 Å². The van der Waals surface area contributed by atoms with Crippen molar-refractivity contribution in [3.05, 3.63) is 108 Å². The van der Waals surface area contributed by atoms with Gasteiger partial charge in [-0.15, -0.1) is 10.2 Å². The summed E-state index contributed by atoms with van der Waals surface area (Å²) in [6.07, 6.45) is 5.00. The predicted octanol–water partition coefficient (Wildman–Crippen LogP) is 4.94. The van der Waals surface area contributed by atoms with Crippen LogP contribution in [0.25, 0.3) is 16.4 Å². The molecular weight excluding hydrogens is 506 g/mol. The van der Waals surface area contributed by atoms with E-state index < -0.39 is 0 Å². The molecule has 5 aromatic rings. The van der Waals surface area contributed by atoms with Crippen LogP contribution in [0.5, 0.6) is 0 Å². The molecule has 0 spiro atoms. The minimum atomic E-state index is -0.383. The molecule has 6 rings (SSSR count). The van der Waals surface area contributed by atoms with Crippen LogP contribution in [0.15, 0.2) is 85.3 Å². The number of ether oxygens (including phenoxy) is 1. The van der Waals surface area contributed by atoms with Crippen LogP contribution in [-0.2, 0) is 4.74 Å². The Morgan fingerprint density at radius 1 is 0.850 bits per heavy atom. The molecule has 0 aliphatic carbocycles. The zero-order valence-corrected chi connectivity index (χ0v) is 21.9. The van der Waals surface area contributed by atoms with E-state index in [0.29, 0.717) is 41.3 Å². The summed E-state index contributed by atoms with van der Waals surface area (Å²) in [4.78, 5) is 39.6. The van der Waals surface area contributed by atoms with Crippen LogP contribution in [0.2, 0.25) is 0 Å². The number of fused-ring (bicyclic) bond motifs is 2. The van der Waals surface area contributed by atoms with Crippen LogP contribution in [-0.4, -0.2) is 57.5 Å². The summed E-state index contributed by atoms with van der Waals surface area (Å²) >= 11 is 0. The monoisotopic (exact) mass is 533 g/mol. The van der Waals surface area contributed by atoms with Crippen molar-refractivity contribution in [1.29, 1.82) is 0 Å². The van der Waals surface area contributed by atoms with E-state index in [4.69, 9.17) is 4.74 Å². The first-order chi connectivity index (χ1) is 19.5. The Morgan fingerprint density at radius 3 is 2.25 bits per heavy atom. The van der Waals surface area contributed by atoms with Crippen LogP contribution in [0, 0.1) is 0 Å². The normalized spacial score (nSPS) is 13.9. The number of nitrogens with zero attached hydrogens (tertiary/aromatic N) is 4. The summed E-state index contributed by atoms with van der Waals surface area (Å²) in [5, 5.41) is 12.5. The number of likely N-dealkylation sites (tertiary alicyclic amines) is 1. The van der Waals surface area contributed by atoms with E-state index in [1.807, 2.05) is 53.4 Å². The van der Waals surface area contributed by atoms with Crippen LogP contribution >= 0.6 is 0 Å². The molecule has 9 heteroatoms. The summed E-state index contributed by atoms with van der Waals surface area (Å²) in [6.45, 7) is 1.35. The molecule has 1 aliphatic rings. The zero-order chi connectivity index (χ0) is 27.6. The lowest BCUT2D eigenvalue weighted by molar-refractivity contribution is 0.0600. The largest absolute Gasteiger partial charge is 0.465 e. The number of carbonyl (C=O) groups excluding carboxylic acids is 3. The van der Waals surface area contributed by atoms with Crippen molar-refractivity contribution in [2.45, 2.75) is 18.8 Å². The number of hydrogen-bond acceptors (Lipinski definition) is 6. The van der Waals surface area contributed by atoms with Gasteiger partial charge in [-0.1, -0.05) is 24.3 Å². The van der Waals surface area contributed by atoms with Crippen molar-refractivity contribution in [1.82, 2.24) is 19.5 Å². The average Bonchev–Trinajstić information content (AvgIpc) is 3.48. The Labute approximate surface area is 230 Å². The van der Waals surface area contributed by atoms with Gasteiger partial charge in [0.05, 0.1) is 18.2 Å². The molecule has 1 saturated heterocycles. The second-order valence-corrected chi connectivity index (χ2v) is 9.93. The number of amides is 2. The van der Waals surface area contributed by atoms with Gasteiger partial charge in [-0.25, -0.2) is 4.79 Å². The third kappa shape index (κ3) is 5.01. The highest BCUT2D eigenvalue weighted by molar-refractivity contribution is 6.04. The van der Waals surface area contributed by atoms with Gasteiger partial charge in [-0.3, -0.25) is 14.0 Å². The van der Waals surface area contributed by atoms with Gasteiger partial charge in [0.25, 0.3) is 11.8 Å². The number of anilines is 1. The van der Waals surface area contributed by atoms with Crippen molar-refractivity contribution in [2.24, 2.45) is 0 Å². The van der Waals surface area contributed by atoms with E-state index in [1.54, 1.807) is 41.2 Å². The van der Waals surface area contributed by atoms with Crippen LogP contribution in [0.1, 0.15) is 55.4 Å². The minimum Gasteiger partial charge on any atom is -0.465 e. The minimum absolute atomic E-state index is 0.0140. The lowest BCUT2D eigenvalue weighted by atomic mass is 9.89. The SMILES string of the molecule is COC(=O)c1ccc2cc(C(=O)N3CCC(c4ccc(NC(=O)c5ccc6nncn6c5)cc4)CC3)ccc2c1. The van der Waals surface area contributed by atoms with Gasteiger partial charge in [0.2, 0.25) is 0 Å². The highest BCUT2D eigenvalue weighted by Gasteiger charge is 2.25. The molecule has 1 N–H and O–H groups in total. The number of methoxy groups -OCH3 is 1. The van der Waals surface area contributed by atoms with E-state index in [0.717, 1.165) is 29.3 Å². The summed E-state index contributed by atoms with van der Waals surface area (Å²) < 4.78 is 6.50. The number of aromatic nitrogens is 3. The van der Waals surface area contributed by atoms with Gasteiger partial charge < -0.3 is 15.0 Å². The summed E-state index contributed by atoms with van der Waals surface area (Å²) in [6, 6.07) is 22.3. The Balaban J connectivity index is 1.06. The zero-order valence-electron chi connectivity index (χ0n) is 21.9. The molecule has 0 bridgehead atoms. The van der Waals surface area contributed by atoms with E-state index in [1.165, 1.54) is 12.7 Å². The maximum Gasteiger partial charge on any atom is 0.337 e. The first kappa shape index (κ1) is 25.2. The fourth-order valence-corrected chi connectivity index (χ4v) is 5.23. The van der Waals surface area contributed by atoms with Gasteiger partial charge in [-0.05, 0) is 83.6 Å². The first-order valence-electron chi connectivity index (χ1n) is 13.1. The quantitative estimate of drug-likeness (QED) is 0.321. The lowest BCUT2D eigenvalue weighted by Gasteiger charge is -2.32. The van der Waals surface area contributed by atoms with Crippen molar-refractivity contribution >= 4 is 39.9 Å². The molecule has 0 unspecified atom stereocenters. The maximum absolute atomic E-state index is 13.2. The van der Waals surface area contributed by atoms with Gasteiger partial charge in [0.1, 0.15) is 6.33 Å². The molecule has 2 amide bonds. The maximum atomic E-state index is 13.2. The fraction of sp³-hybridized carbons (Fsp3) is 0.194. The number of nitrogens with one attached hydrogen (secondary N) is 1. The lowest BCUT2D eigenvalue weighted by Crippen LogP contribution is -2.37. The molecule has 40 heavy (non-hydrogen) atoms. The van der Waals surface area contributed by atoms with E-state index in [9.17, 15) is 14.4 Å². The number of esters is 1. The Hall–Kier alpha value is -5.05. The molecule has 0 saturated carbocycles. The highest BCUT2D eigenvalue weighted by Crippen LogP contribution is 2.30. The summed E-state index contributed by atoms with van der Waals surface area (Å²) in [5.74, 6) is -0.225. The van der Waals surface area contributed by atoms with E-state index in [2.05, 4.69) is 15.5 Å². The van der Waals surface area contributed by atoms with Gasteiger partial charge in [0, 0.05) is 30.5 Å². The van der Waals surface area contributed by atoms with E-state index in [-0.39, 0.29) is 17.8 Å². The third-order valence-corrected chi connectivity index (χ3v) is 7.48. The molecule has 0 radical (unpaired) electrons. The Kier molecular flexibility index (Phi) is 6.69. The molecule has 0 atom stereocenters. The smallest absolute Gasteiger partial charge is 0.337 e. The number of benzene rings is 3. The number of pyridine rings is 1. The molecule has 1 fully saturated rings. The van der Waals surface area contributed by atoms with Gasteiger partial charge >= 0.3 is 5.97 Å². The molecular formula is C31H27N5O4. The predicted molar refractivity (Wildman–Crippen MR) is 151 cm³/mol. The molecule has 3 aromatic carbocycles. The Bertz CT molecular complexity index is 1740. The molecule has 1 aliphatic heterocycles. The summed E-state index contributed by atoms with van der Waals surface area (Å²) in [7, 11) is 1.36. The average molecular weight is 534 g/mol.